The van der Waals surface area contributed by atoms with Crippen molar-refractivity contribution < 1.29 is 14.3 Å². The van der Waals surface area contributed by atoms with Gasteiger partial charge >= 0.3 is 0 Å². The predicted molar refractivity (Wildman–Crippen MR) is 109 cm³/mol. The molecule has 3 aliphatic rings. The van der Waals surface area contributed by atoms with E-state index in [0.29, 0.717) is 23.7 Å². The molecule has 6 nitrogen and oxygen atoms in total. The van der Waals surface area contributed by atoms with Crippen molar-refractivity contribution in [2.24, 2.45) is 0 Å². The van der Waals surface area contributed by atoms with Crippen molar-refractivity contribution in [3.05, 3.63) is 70.3 Å². The Morgan fingerprint density at radius 3 is 2.79 bits per heavy atom. The number of nitriles is 1. The number of ether oxygens (including phenoxy) is 2. The maximum Gasteiger partial charge on any atom is 0.231 e. The lowest BCUT2D eigenvalue weighted by Gasteiger charge is -2.41. The van der Waals surface area contributed by atoms with Crippen molar-refractivity contribution in [1.82, 2.24) is 9.80 Å². The summed E-state index contributed by atoms with van der Waals surface area (Å²) >= 11 is 1.57. The van der Waals surface area contributed by atoms with Crippen LogP contribution in [-0.2, 0) is 11.3 Å². The monoisotopic (exact) mass is 405 g/mol. The van der Waals surface area contributed by atoms with Crippen molar-refractivity contribution in [3.8, 4) is 17.6 Å². The van der Waals surface area contributed by atoms with Gasteiger partial charge in [0.25, 0.3) is 0 Å². The average molecular weight is 405 g/mol. The maximum atomic E-state index is 13.0. The minimum Gasteiger partial charge on any atom is -0.454 e. The number of hydrogen-bond donors (Lipinski definition) is 0. The summed E-state index contributed by atoms with van der Waals surface area (Å²) in [5, 5.41) is 10.7. The second kappa shape index (κ2) is 7.47. The molecule has 1 atom stereocenters. The molecular formula is C22H19N3O3S. The summed E-state index contributed by atoms with van der Waals surface area (Å²) in [6, 6.07) is 18.3. The van der Waals surface area contributed by atoms with Crippen LogP contribution in [-0.4, -0.2) is 35.0 Å². The number of nitrogens with zero attached hydrogens (tertiary/aromatic N) is 3. The summed E-state index contributed by atoms with van der Waals surface area (Å²) in [5.41, 5.74) is 2.79. The lowest BCUT2D eigenvalue weighted by atomic mass is 9.86. The van der Waals surface area contributed by atoms with Crippen LogP contribution in [0, 0.1) is 11.3 Å². The van der Waals surface area contributed by atoms with Crippen LogP contribution in [0.5, 0.6) is 11.5 Å². The SMILES string of the molecule is N#CC1=C2SCN(Cc3ccccc3)CN2C(=O)C[C@@H]1c1ccc2c(c1)OCO2. The highest BCUT2D eigenvalue weighted by Gasteiger charge is 2.38. The van der Waals surface area contributed by atoms with Gasteiger partial charge in [0.05, 0.1) is 29.2 Å². The molecule has 1 amide bonds. The standard InChI is InChI=1S/C22H19N3O3S/c23-10-18-17(16-6-7-19-20(8-16)28-14-27-19)9-21(26)25-12-24(13-29-22(18)25)11-15-4-2-1-3-5-15/h1-8,17H,9,11-14H2/t17-/m1/s1. The minimum atomic E-state index is -0.249. The van der Waals surface area contributed by atoms with E-state index in [1.807, 2.05) is 36.4 Å². The van der Waals surface area contributed by atoms with Crippen LogP contribution in [0.4, 0.5) is 0 Å². The fourth-order valence-corrected chi connectivity index (χ4v) is 5.10. The molecule has 3 aliphatic heterocycles. The molecule has 0 unspecified atom stereocenters. The van der Waals surface area contributed by atoms with Crippen LogP contribution in [0.15, 0.2) is 59.1 Å². The summed E-state index contributed by atoms with van der Waals surface area (Å²) in [4.78, 5) is 17.0. The average Bonchev–Trinajstić information content (AvgIpc) is 3.22. The lowest BCUT2D eigenvalue weighted by Crippen LogP contribution is -2.46. The van der Waals surface area contributed by atoms with Gasteiger partial charge in [-0.1, -0.05) is 48.2 Å². The van der Waals surface area contributed by atoms with Crippen molar-refractivity contribution in [1.29, 1.82) is 5.26 Å². The largest absolute Gasteiger partial charge is 0.454 e. The molecule has 2 aromatic rings. The quantitative estimate of drug-likeness (QED) is 0.777. The zero-order valence-electron chi connectivity index (χ0n) is 15.7. The van der Waals surface area contributed by atoms with Crippen molar-refractivity contribution in [3.63, 3.8) is 0 Å². The molecule has 0 bridgehead atoms. The molecule has 1 fully saturated rings. The third kappa shape index (κ3) is 3.35. The Kier molecular flexibility index (Phi) is 4.66. The van der Waals surface area contributed by atoms with Crippen LogP contribution < -0.4 is 9.47 Å². The number of benzene rings is 2. The molecule has 5 rings (SSSR count). The molecule has 0 N–H and O–H groups in total. The van der Waals surface area contributed by atoms with E-state index in [4.69, 9.17) is 9.47 Å². The van der Waals surface area contributed by atoms with Gasteiger partial charge in [-0.2, -0.15) is 5.26 Å². The van der Waals surface area contributed by atoms with Crippen LogP contribution in [0.25, 0.3) is 0 Å². The second-order valence-corrected chi connectivity index (χ2v) is 8.18. The minimum absolute atomic E-state index is 0.0481. The van der Waals surface area contributed by atoms with E-state index in [2.05, 4.69) is 23.1 Å². The molecule has 0 spiro atoms. The second-order valence-electron chi connectivity index (χ2n) is 7.25. The highest BCUT2D eigenvalue weighted by Crippen LogP contribution is 2.44. The molecule has 146 valence electrons. The first-order valence-corrected chi connectivity index (χ1v) is 10.4. The number of carbonyl (C=O) groups is 1. The van der Waals surface area contributed by atoms with Crippen LogP contribution >= 0.6 is 11.8 Å². The Morgan fingerprint density at radius 2 is 1.97 bits per heavy atom. The van der Waals surface area contributed by atoms with Crippen LogP contribution in [0.3, 0.4) is 0 Å². The zero-order valence-corrected chi connectivity index (χ0v) is 16.5. The van der Waals surface area contributed by atoms with E-state index in [-0.39, 0.29) is 25.0 Å². The van der Waals surface area contributed by atoms with Crippen molar-refractivity contribution in [2.45, 2.75) is 18.9 Å². The Morgan fingerprint density at radius 1 is 1.14 bits per heavy atom. The molecule has 3 heterocycles. The maximum absolute atomic E-state index is 13.0. The number of thioether (sulfide) groups is 1. The van der Waals surface area contributed by atoms with Gasteiger partial charge in [-0.25, -0.2) is 0 Å². The Labute approximate surface area is 173 Å². The van der Waals surface area contributed by atoms with Gasteiger partial charge in [0.15, 0.2) is 11.5 Å². The first-order chi connectivity index (χ1) is 14.2. The third-order valence-corrected chi connectivity index (χ3v) is 6.61. The van der Waals surface area contributed by atoms with Crippen molar-refractivity contribution >= 4 is 17.7 Å². The fourth-order valence-electron chi connectivity index (χ4n) is 3.96. The summed E-state index contributed by atoms with van der Waals surface area (Å²) in [6.45, 7) is 1.49. The number of rotatable bonds is 3. The van der Waals surface area contributed by atoms with Gasteiger partial charge in [0, 0.05) is 18.9 Å². The number of allylic oxidation sites excluding steroid dienone is 1. The summed E-state index contributed by atoms with van der Waals surface area (Å²) < 4.78 is 10.9. The molecule has 2 aromatic carbocycles. The third-order valence-electron chi connectivity index (χ3n) is 5.40. The first kappa shape index (κ1) is 18.1. The summed E-state index contributed by atoms with van der Waals surface area (Å²) in [7, 11) is 0. The number of fused-ring (bicyclic) bond motifs is 2. The Balaban J connectivity index is 1.41. The normalized spacial score (nSPS) is 21.1. The highest BCUT2D eigenvalue weighted by molar-refractivity contribution is 8.03. The highest BCUT2D eigenvalue weighted by atomic mass is 32.2. The van der Waals surface area contributed by atoms with E-state index in [1.54, 1.807) is 16.7 Å². The lowest BCUT2D eigenvalue weighted by molar-refractivity contribution is -0.131. The fraction of sp³-hybridized carbons (Fsp3) is 0.273. The number of hydrogen-bond acceptors (Lipinski definition) is 6. The molecule has 1 saturated heterocycles. The van der Waals surface area contributed by atoms with Gasteiger partial charge in [0.1, 0.15) is 0 Å². The van der Waals surface area contributed by atoms with Gasteiger partial charge in [-0.15, -0.1) is 0 Å². The molecule has 0 aliphatic carbocycles. The van der Waals surface area contributed by atoms with E-state index in [0.717, 1.165) is 23.0 Å². The summed E-state index contributed by atoms with van der Waals surface area (Å²) in [5.74, 6) is 1.91. The molecule has 0 aromatic heterocycles. The topological polar surface area (TPSA) is 65.8 Å². The number of amides is 1. The van der Waals surface area contributed by atoms with Gasteiger partial charge in [0.2, 0.25) is 12.7 Å². The van der Waals surface area contributed by atoms with E-state index in [9.17, 15) is 10.1 Å². The van der Waals surface area contributed by atoms with E-state index < -0.39 is 0 Å². The molecule has 29 heavy (non-hydrogen) atoms. The van der Waals surface area contributed by atoms with E-state index >= 15 is 0 Å². The van der Waals surface area contributed by atoms with Crippen molar-refractivity contribution in [2.75, 3.05) is 19.3 Å². The molecular weight excluding hydrogens is 386 g/mol. The van der Waals surface area contributed by atoms with Crippen LogP contribution in [0.1, 0.15) is 23.5 Å². The smallest absolute Gasteiger partial charge is 0.231 e. The predicted octanol–water partition coefficient (Wildman–Crippen LogP) is 3.63. The van der Waals surface area contributed by atoms with E-state index in [1.165, 1.54) is 5.56 Å². The van der Waals surface area contributed by atoms with Crippen LogP contribution in [0.2, 0.25) is 0 Å². The molecule has 0 radical (unpaired) electrons. The molecule has 0 saturated carbocycles. The summed E-state index contributed by atoms with van der Waals surface area (Å²) in [6.07, 6.45) is 0.284. The van der Waals surface area contributed by atoms with Gasteiger partial charge < -0.3 is 9.47 Å². The van der Waals surface area contributed by atoms with Gasteiger partial charge in [-0.05, 0) is 23.3 Å². The molecule has 7 heteroatoms. The number of carbonyl (C=O) groups excluding carboxylic acids is 1. The first-order valence-electron chi connectivity index (χ1n) is 9.46. The zero-order chi connectivity index (χ0) is 19.8. The Hall–Kier alpha value is -2.95. The Bertz CT molecular complexity index is 1030. The van der Waals surface area contributed by atoms with Gasteiger partial charge in [-0.3, -0.25) is 14.6 Å².